The Hall–Kier alpha value is -2.96. The molecule has 0 aliphatic carbocycles. The van der Waals surface area contributed by atoms with Crippen LogP contribution in [0.4, 0.5) is 20.6 Å². The Labute approximate surface area is 119 Å². The first-order valence-electron chi connectivity index (χ1n) is 5.99. The molecule has 2 rings (SSSR count). The zero-order valence-electron chi connectivity index (χ0n) is 11.1. The van der Waals surface area contributed by atoms with Crippen molar-refractivity contribution in [2.45, 2.75) is 6.92 Å². The van der Waals surface area contributed by atoms with E-state index >= 15 is 0 Å². The van der Waals surface area contributed by atoms with Crippen LogP contribution in [0.5, 0.6) is 0 Å². The van der Waals surface area contributed by atoms with Gasteiger partial charge in [-0.25, -0.2) is 14.0 Å². The summed E-state index contributed by atoms with van der Waals surface area (Å²) < 4.78 is 13.5. The van der Waals surface area contributed by atoms with Crippen molar-refractivity contribution in [2.75, 3.05) is 10.6 Å². The lowest BCUT2D eigenvalue weighted by Gasteiger charge is -2.09. The number of hydrogen-bond donors (Lipinski definition) is 3. The van der Waals surface area contributed by atoms with Gasteiger partial charge in [0.25, 0.3) is 0 Å². The quantitative estimate of drug-likeness (QED) is 0.810. The summed E-state index contributed by atoms with van der Waals surface area (Å²) in [5, 5.41) is 13.6. The largest absolute Gasteiger partial charge is 0.478 e. The molecule has 2 aromatic rings. The van der Waals surface area contributed by atoms with Crippen molar-refractivity contribution in [1.82, 2.24) is 4.98 Å². The van der Waals surface area contributed by atoms with Gasteiger partial charge in [-0.1, -0.05) is 0 Å². The fourth-order valence-electron chi connectivity index (χ4n) is 1.58. The monoisotopic (exact) mass is 289 g/mol. The number of carbonyl (C=O) groups excluding carboxylic acids is 1. The van der Waals surface area contributed by atoms with Crippen LogP contribution in [0.25, 0.3) is 0 Å². The van der Waals surface area contributed by atoms with Crippen LogP contribution in [0.2, 0.25) is 0 Å². The first-order chi connectivity index (χ1) is 9.95. The number of nitrogens with zero attached hydrogens (tertiary/aromatic N) is 1. The number of urea groups is 1. The summed E-state index contributed by atoms with van der Waals surface area (Å²) in [6.45, 7) is 1.80. The highest BCUT2D eigenvalue weighted by Gasteiger charge is 2.11. The molecule has 108 valence electrons. The maximum atomic E-state index is 13.5. The number of aromatic nitrogens is 1. The third-order valence-electron chi connectivity index (χ3n) is 2.63. The molecule has 7 heteroatoms. The Morgan fingerprint density at radius 3 is 2.57 bits per heavy atom. The SMILES string of the molecule is Cc1ccc(NC(=O)Nc2cc(C(=O)O)ccc2F)cn1. The average molecular weight is 289 g/mol. The van der Waals surface area contributed by atoms with E-state index in [0.717, 1.165) is 23.9 Å². The van der Waals surface area contributed by atoms with Crippen LogP contribution in [0, 0.1) is 12.7 Å². The van der Waals surface area contributed by atoms with Crippen molar-refractivity contribution in [2.24, 2.45) is 0 Å². The van der Waals surface area contributed by atoms with Gasteiger partial charge in [0.1, 0.15) is 5.82 Å². The van der Waals surface area contributed by atoms with E-state index < -0.39 is 17.8 Å². The van der Waals surface area contributed by atoms with Gasteiger partial charge in [-0.2, -0.15) is 0 Å². The number of carbonyl (C=O) groups is 2. The van der Waals surface area contributed by atoms with Gasteiger partial charge in [0.15, 0.2) is 0 Å². The molecule has 2 amide bonds. The maximum Gasteiger partial charge on any atom is 0.335 e. The van der Waals surface area contributed by atoms with Crippen molar-refractivity contribution in [1.29, 1.82) is 0 Å². The van der Waals surface area contributed by atoms with E-state index in [1.165, 1.54) is 6.20 Å². The lowest BCUT2D eigenvalue weighted by molar-refractivity contribution is 0.0697. The van der Waals surface area contributed by atoms with Gasteiger partial charge in [0.2, 0.25) is 0 Å². The first kappa shape index (κ1) is 14.4. The topological polar surface area (TPSA) is 91.3 Å². The van der Waals surface area contributed by atoms with E-state index in [1.807, 2.05) is 0 Å². The molecule has 0 saturated heterocycles. The highest BCUT2D eigenvalue weighted by molar-refractivity contribution is 6.00. The number of benzene rings is 1. The Morgan fingerprint density at radius 2 is 1.95 bits per heavy atom. The van der Waals surface area contributed by atoms with Gasteiger partial charge in [0.05, 0.1) is 23.1 Å². The summed E-state index contributed by atoms with van der Waals surface area (Å²) in [5.74, 6) is -1.93. The van der Waals surface area contributed by atoms with Gasteiger partial charge < -0.3 is 15.7 Å². The number of halogens is 1. The number of pyridine rings is 1. The summed E-state index contributed by atoms with van der Waals surface area (Å²) >= 11 is 0. The Bertz CT molecular complexity index is 686. The molecule has 1 heterocycles. The van der Waals surface area contributed by atoms with Crippen LogP contribution in [0.15, 0.2) is 36.5 Å². The highest BCUT2D eigenvalue weighted by Crippen LogP contribution is 2.17. The molecule has 0 atom stereocenters. The van der Waals surface area contributed by atoms with Crippen LogP contribution in [-0.4, -0.2) is 22.1 Å². The molecule has 0 fully saturated rings. The predicted molar refractivity (Wildman–Crippen MR) is 75.0 cm³/mol. The van der Waals surface area contributed by atoms with E-state index in [9.17, 15) is 14.0 Å². The van der Waals surface area contributed by atoms with Crippen molar-refractivity contribution in [3.8, 4) is 0 Å². The number of aryl methyl sites for hydroxylation is 1. The number of amides is 2. The molecular weight excluding hydrogens is 277 g/mol. The molecule has 0 aliphatic heterocycles. The number of aromatic carboxylic acids is 1. The fraction of sp³-hybridized carbons (Fsp3) is 0.0714. The normalized spacial score (nSPS) is 10.0. The zero-order chi connectivity index (χ0) is 15.4. The Morgan fingerprint density at radius 1 is 1.19 bits per heavy atom. The maximum absolute atomic E-state index is 13.5. The molecule has 0 spiro atoms. The summed E-state index contributed by atoms with van der Waals surface area (Å²) in [4.78, 5) is 26.5. The molecular formula is C14H12FN3O3. The number of nitrogens with one attached hydrogen (secondary N) is 2. The third-order valence-corrected chi connectivity index (χ3v) is 2.63. The van der Waals surface area contributed by atoms with E-state index in [2.05, 4.69) is 15.6 Å². The molecule has 21 heavy (non-hydrogen) atoms. The van der Waals surface area contributed by atoms with Gasteiger partial charge in [-0.05, 0) is 37.3 Å². The molecule has 0 bridgehead atoms. The molecule has 6 nitrogen and oxygen atoms in total. The molecule has 0 radical (unpaired) electrons. The molecule has 0 unspecified atom stereocenters. The lowest BCUT2D eigenvalue weighted by atomic mass is 10.2. The summed E-state index contributed by atoms with van der Waals surface area (Å²) in [5.41, 5.74) is 0.894. The molecule has 0 aliphatic rings. The standard InChI is InChI=1S/C14H12FN3O3/c1-8-2-4-10(7-16-8)17-14(21)18-12-6-9(13(19)20)3-5-11(12)15/h2-7H,1H3,(H,19,20)(H2,17,18,21). The third kappa shape index (κ3) is 3.75. The van der Waals surface area contributed by atoms with Gasteiger partial charge in [0, 0.05) is 5.69 Å². The second-order valence-corrected chi connectivity index (χ2v) is 4.27. The van der Waals surface area contributed by atoms with Crippen molar-refractivity contribution in [3.63, 3.8) is 0 Å². The van der Waals surface area contributed by atoms with Crippen LogP contribution in [0.3, 0.4) is 0 Å². The Balaban J connectivity index is 2.10. The smallest absolute Gasteiger partial charge is 0.335 e. The average Bonchev–Trinajstić information content (AvgIpc) is 2.43. The van der Waals surface area contributed by atoms with Crippen molar-refractivity contribution in [3.05, 3.63) is 53.6 Å². The number of carboxylic acids is 1. The number of rotatable bonds is 3. The summed E-state index contributed by atoms with van der Waals surface area (Å²) in [6, 6.07) is 5.80. The molecule has 1 aromatic carbocycles. The lowest BCUT2D eigenvalue weighted by Crippen LogP contribution is -2.20. The van der Waals surface area contributed by atoms with Crippen molar-refractivity contribution < 1.29 is 19.1 Å². The van der Waals surface area contributed by atoms with Crippen LogP contribution in [0.1, 0.15) is 16.1 Å². The first-order valence-corrected chi connectivity index (χ1v) is 5.99. The van der Waals surface area contributed by atoms with E-state index in [-0.39, 0.29) is 11.3 Å². The van der Waals surface area contributed by atoms with Gasteiger partial charge in [-0.15, -0.1) is 0 Å². The van der Waals surface area contributed by atoms with Crippen LogP contribution >= 0.6 is 0 Å². The van der Waals surface area contributed by atoms with E-state index in [0.29, 0.717) is 5.69 Å². The van der Waals surface area contributed by atoms with E-state index in [4.69, 9.17) is 5.11 Å². The minimum absolute atomic E-state index is 0.122. The van der Waals surface area contributed by atoms with Crippen LogP contribution in [-0.2, 0) is 0 Å². The minimum Gasteiger partial charge on any atom is -0.478 e. The van der Waals surface area contributed by atoms with Crippen molar-refractivity contribution >= 4 is 23.4 Å². The molecule has 0 saturated carbocycles. The molecule has 1 aromatic heterocycles. The second-order valence-electron chi connectivity index (χ2n) is 4.27. The number of anilines is 2. The predicted octanol–water partition coefficient (Wildman–Crippen LogP) is 2.87. The minimum atomic E-state index is -1.21. The highest BCUT2D eigenvalue weighted by atomic mass is 19.1. The van der Waals surface area contributed by atoms with Gasteiger partial charge in [-0.3, -0.25) is 4.98 Å². The van der Waals surface area contributed by atoms with Gasteiger partial charge >= 0.3 is 12.0 Å². The second kappa shape index (κ2) is 6.00. The number of hydrogen-bond acceptors (Lipinski definition) is 3. The fourth-order valence-corrected chi connectivity index (χ4v) is 1.58. The Kier molecular flexibility index (Phi) is 4.13. The summed E-state index contributed by atoms with van der Waals surface area (Å²) in [7, 11) is 0. The number of carboxylic acid groups (broad SMARTS) is 1. The zero-order valence-corrected chi connectivity index (χ0v) is 11.1. The van der Waals surface area contributed by atoms with E-state index in [1.54, 1.807) is 19.1 Å². The van der Waals surface area contributed by atoms with Crippen LogP contribution < -0.4 is 10.6 Å². The molecule has 3 N–H and O–H groups in total. The summed E-state index contributed by atoms with van der Waals surface area (Å²) in [6.07, 6.45) is 1.46.